The first-order valence-corrected chi connectivity index (χ1v) is 9.04. The minimum absolute atomic E-state index is 0.0188. The van der Waals surface area contributed by atoms with E-state index in [1.165, 1.54) is 7.11 Å². The van der Waals surface area contributed by atoms with Crippen molar-refractivity contribution in [1.29, 1.82) is 0 Å². The number of nitrogens with zero attached hydrogens (tertiary/aromatic N) is 1. The van der Waals surface area contributed by atoms with Crippen LogP contribution < -0.4 is 29.6 Å². The van der Waals surface area contributed by atoms with Gasteiger partial charge in [-0.1, -0.05) is 12.1 Å². The second-order valence-corrected chi connectivity index (χ2v) is 6.15. The van der Waals surface area contributed by atoms with Crippen LogP contribution in [0.25, 0.3) is 0 Å². The first-order valence-electron chi connectivity index (χ1n) is 9.04. The van der Waals surface area contributed by atoms with Crippen LogP contribution in [0, 0.1) is 0 Å². The molecule has 2 aromatic rings. The van der Waals surface area contributed by atoms with Gasteiger partial charge in [-0.25, -0.2) is 0 Å². The van der Waals surface area contributed by atoms with E-state index in [0.29, 0.717) is 25.5 Å². The number of methoxy groups -OCH3 is 1. The Hall–Kier alpha value is -3.23. The zero-order valence-corrected chi connectivity index (χ0v) is 16.2. The lowest BCUT2D eigenvalue weighted by atomic mass is 10.1. The van der Waals surface area contributed by atoms with E-state index in [2.05, 4.69) is 20.4 Å². The Morgan fingerprint density at radius 1 is 1.07 bits per heavy atom. The Labute approximate surface area is 167 Å². The number of halogens is 2. The van der Waals surface area contributed by atoms with Crippen LogP contribution in [0.5, 0.6) is 23.0 Å². The molecule has 0 aromatic heterocycles. The number of hydrogen-bond donors (Lipinski definition) is 2. The fraction of sp³-hybridized carbons (Fsp3) is 0.350. The number of rotatable bonds is 8. The average Bonchev–Trinajstić information content (AvgIpc) is 3.18. The first kappa shape index (κ1) is 20.5. The lowest BCUT2D eigenvalue weighted by Crippen LogP contribution is -2.37. The van der Waals surface area contributed by atoms with Crippen molar-refractivity contribution >= 4 is 5.96 Å². The van der Waals surface area contributed by atoms with E-state index in [4.69, 9.17) is 14.2 Å². The van der Waals surface area contributed by atoms with Crippen molar-refractivity contribution in [2.24, 2.45) is 4.99 Å². The summed E-state index contributed by atoms with van der Waals surface area (Å²) in [5, 5.41) is 6.41. The number of fused-ring (bicyclic) bond motifs is 1. The highest BCUT2D eigenvalue weighted by Gasteiger charge is 2.13. The van der Waals surface area contributed by atoms with Crippen LogP contribution in [0.2, 0.25) is 0 Å². The van der Waals surface area contributed by atoms with Crippen LogP contribution in [-0.2, 0) is 13.0 Å². The molecule has 2 aromatic carbocycles. The van der Waals surface area contributed by atoms with Gasteiger partial charge < -0.3 is 29.6 Å². The molecular formula is C20H23F2N3O4. The Bertz CT molecular complexity index is 862. The average molecular weight is 407 g/mol. The summed E-state index contributed by atoms with van der Waals surface area (Å²) < 4.78 is 45.3. The van der Waals surface area contributed by atoms with E-state index in [1.807, 2.05) is 24.3 Å². The zero-order chi connectivity index (χ0) is 20.6. The predicted molar refractivity (Wildman–Crippen MR) is 104 cm³/mol. The Kier molecular flexibility index (Phi) is 6.94. The molecule has 156 valence electrons. The van der Waals surface area contributed by atoms with Gasteiger partial charge in [-0.2, -0.15) is 8.78 Å². The van der Waals surface area contributed by atoms with E-state index in [0.717, 1.165) is 22.6 Å². The van der Waals surface area contributed by atoms with Gasteiger partial charge in [0.2, 0.25) is 6.79 Å². The second-order valence-electron chi connectivity index (χ2n) is 6.15. The van der Waals surface area contributed by atoms with Gasteiger partial charge in [-0.15, -0.1) is 0 Å². The lowest BCUT2D eigenvalue weighted by molar-refractivity contribution is -0.0512. The Morgan fingerprint density at radius 3 is 2.62 bits per heavy atom. The summed E-state index contributed by atoms with van der Waals surface area (Å²) in [7, 11) is 3.08. The molecule has 0 aliphatic carbocycles. The first-order chi connectivity index (χ1) is 14.1. The van der Waals surface area contributed by atoms with E-state index < -0.39 is 6.61 Å². The molecule has 0 amide bonds. The monoisotopic (exact) mass is 407 g/mol. The molecule has 0 spiro atoms. The van der Waals surface area contributed by atoms with Gasteiger partial charge in [0.25, 0.3) is 0 Å². The number of benzene rings is 2. The maximum Gasteiger partial charge on any atom is 0.387 e. The minimum Gasteiger partial charge on any atom is -0.493 e. The highest BCUT2D eigenvalue weighted by atomic mass is 19.3. The molecule has 9 heteroatoms. The number of nitrogens with one attached hydrogen (secondary N) is 2. The molecule has 1 aliphatic rings. The SMILES string of the molecule is CN=C(NCCc1ccc(OC)c(OC(F)F)c1)NCc1ccc2c(c1)OCO2. The molecule has 0 unspecified atom stereocenters. The molecule has 0 atom stereocenters. The zero-order valence-electron chi connectivity index (χ0n) is 16.2. The fourth-order valence-electron chi connectivity index (χ4n) is 2.85. The third-order valence-corrected chi connectivity index (χ3v) is 4.27. The van der Waals surface area contributed by atoms with Crippen molar-refractivity contribution in [2.45, 2.75) is 19.6 Å². The highest BCUT2D eigenvalue weighted by molar-refractivity contribution is 5.79. The summed E-state index contributed by atoms with van der Waals surface area (Å²) in [5.41, 5.74) is 1.86. The molecule has 0 fully saturated rings. The van der Waals surface area contributed by atoms with Crippen molar-refractivity contribution in [3.05, 3.63) is 47.5 Å². The molecule has 2 N–H and O–H groups in total. The van der Waals surface area contributed by atoms with E-state index in [1.54, 1.807) is 19.2 Å². The van der Waals surface area contributed by atoms with Crippen molar-refractivity contribution < 1.29 is 27.7 Å². The summed E-state index contributed by atoms with van der Waals surface area (Å²) in [6.45, 7) is -1.55. The molecule has 1 heterocycles. The largest absolute Gasteiger partial charge is 0.493 e. The van der Waals surface area contributed by atoms with Gasteiger partial charge in [0, 0.05) is 20.1 Å². The standard InChI is InChI=1S/C20H23F2N3O4/c1-23-20(25-11-14-4-6-16-17(10-14)28-12-27-16)24-8-7-13-3-5-15(26-2)18(9-13)29-19(21)22/h3-6,9-10,19H,7-8,11-12H2,1-2H3,(H2,23,24,25). The number of ether oxygens (including phenoxy) is 4. The third kappa shape index (κ3) is 5.63. The molecule has 7 nitrogen and oxygen atoms in total. The maximum atomic E-state index is 12.5. The van der Waals surface area contributed by atoms with Crippen LogP contribution in [0.3, 0.4) is 0 Å². The number of alkyl halides is 2. The van der Waals surface area contributed by atoms with Crippen LogP contribution in [0.15, 0.2) is 41.4 Å². The van der Waals surface area contributed by atoms with Crippen molar-refractivity contribution in [2.75, 3.05) is 27.5 Å². The molecule has 3 rings (SSSR count). The van der Waals surface area contributed by atoms with Gasteiger partial charge in [0.15, 0.2) is 29.0 Å². The van der Waals surface area contributed by atoms with Crippen LogP contribution in [-0.4, -0.2) is 40.1 Å². The smallest absolute Gasteiger partial charge is 0.387 e. The van der Waals surface area contributed by atoms with Crippen LogP contribution in [0.1, 0.15) is 11.1 Å². The van der Waals surface area contributed by atoms with Gasteiger partial charge in [-0.05, 0) is 41.8 Å². The number of hydrogen-bond acceptors (Lipinski definition) is 5. The summed E-state index contributed by atoms with van der Waals surface area (Å²) in [4.78, 5) is 4.19. The van der Waals surface area contributed by atoms with E-state index in [-0.39, 0.29) is 18.3 Å². The molecule has 0 saturated heterocycles. The topological polar surface area (TPSA) is 73.3 Å². The summed E-state index contributed by atoms with van der Waals surface area (Å²) in [6.07, 6.45) is 0.592. The highest BCUT2D eigenvalue weighted by Crippen LogP contribution is 2.32. The molecule has 0 radical (unpaired) electrons. The van der Waals surface area contributed by atoms with Crippen molar-refractivity contribution in [3.8, 4) is 23.0 Å². The number of aliphatic imine (C=N–C) groups is 1. The van der Waals surface area contributed by atoms with Gasteiger partial charge in [0.05, 0.1) is 7.11 Å². The van der Waals surface area contributed by atoms with Gasteiger partial charge >= 0.3 is 6.61 Å². The van der Waals surface area contributed by atoms with Crippen LogP contribution in [0.4, 0.5) is 8.78 Å². The van der Waals surface area contributed by atoms with Crippen molar-refractivity contribution in [1.82, 2.24) is 10.6 Å². The summed E-state index contributed by atoms with van der Waals surface area (Å²) in [5.74, 6) is 2.38. The Balaban J connectivity index is 1.49. The Morgan fingerprint density at radius 2 is 1.86 bits per heavy atom. The molecule has 0 saturated carbocycles. The predicted octanol–water partition coefficient (Wildman–Crippen LogP) is 2.93. The number of guanidine groups is 1. The molecule has 1 aliphatic heterocycles. The molecule has 0 bridgehead atoms. The third-order valence-electron chi connectivity index (χ3n) is 4.27. The second kappa shape index (κ2) is 9.81. The lowest BCUT2D eigenvalue weighted by Gasteiger charge is -2.14. The minimum atomic E-state index is -2.91. The van der Waals surface area contributed by atoms with E-state index >= 15 is 0 Å². The van der Waals surface area contributed by atoms with Crippen molar-refractivity contribution in [3.63, 3.8) is 0 Å². The molecule has 29 heavy (non-hydrogen) atoms. The quantitative estimate of drug-likeness (QED) is 0.518. The normalized spacial score (nSPS) is 12.8. The fourth-order valence-corrected chi connectivity index (χ4v) is 2.85. The van der Waals surface area contributed by atoms with Crippen LogP contribution >= 0.6 is 0 Å². The summed E-state index contributed by atoms with van der Waals surface area (Å²) >= 11 is 0. The van der Waals surface area contributed by atoms with Gasteiger partial charge in [0.1, 0.15) is 0 Å². The van der Waals surface area contributed by atoms with Gasteiger partial charge in [-0.3, -0.25) is 4.99 Å². The summed E-state index contributed by atoms with van der Waals surface area (Å²) in [6, 6.07) is 10.7. The maximum absolute atomic E-state index is 12.5. The molecular weight excluding hydrogens is 384 g/mol. The van der Waals surface area contributed by atoms with E-state index in [9.17, 15) is 8.78 Å².